The highest BCUT2D eigenvalue weighted by Crippen LogP contribution is 2.21. The first-order valence-corrected chi connectivity index (χ1v) is 11.5. The molecule has 0 aliphatic carbocycles. The van der Waals surface area contributed by atoms with Crippen molar-refractivity contribution >= 4 is 17.5 Å². The van der Waals surface area contributed by atoms with E-state index in [0.29, 0.717) is 36.3 Å². The number of unbranched alkanes of at least 4 members (excludes halogenated alkanes) is 3. The van der Waals surface area contributed by atoms with Gasteiger partial charge in [0.2, 0.25) is 0 Å². The highest BCUT2D eigenvalue weighted by atomic mass is 16.5. The lowest BCUT2D eigenvalue weighted by Crippen LogP contribution is -2.22. The molecule has 0 amide bonds. The van der Waals surface area contributed by atoms with Crippen LogP contribution in [0.1, 0.15) is 74.7 Å². The minimum atomic E-state index is -0.408. The van der Waals surface area contributed by atoms with Crippen molar-refractivity contribution in [1.29, 1.82) is 0 Å². The molecule has 5 nitrogen and oxygen atoms in total. The van der Waals surface area contributed by atoms with Crippen LogP contribution in [0.15, 0.2) is 48.5 Å². The van der Waals surface area contributed by atoms with Gasteiger partial charge in [0.1, 0.15) is 23.1 Å². The molecule has 172 valence electrons. The van der Waals surface area contributed by atoms with Crippen LogP contribution in [0.4, 0.5) is 0 Å². The quantitative estimate of drug-likeness (QED) is 0.157. The topological polar surface area (TPSA) is 69.7 Å². The second kappa shape index (κ2) is 13.5. The van der Waals surface area contributed by atoms with Gasteiger partial charge in [0.25, 0.3) is 0 Å². The maximum Gasteiger partial charge on any atom is 0.343 e. The van der Waals surface area contributed by atoms with Crippen LogP contribution in [0.2, 0.25) is 0 Å². The van der Waals surface area contributed by atoms with Gasteiger partial charge in [0, 0.05) is 18.9 Å². The van der Waals surface area contributed by atoms with E-state index in [4.69, 9.17) is 9.47 Å². The molecule has 0 saturated heterocycles. The van der Waals surface area contributed by atoms with Crippen LogP contribution in [0.5, 0.6) is 11.5 Å². The fourth-order valence-corrected chi connectivity index (χ4v) is 3.66. The molecule has 5 heteroatoms. The van der Waals surface area contributed by atoms with E-state index in [1.54, 1.807) is 43.5 Å². The molecule has 0 aromatic heterocycles. The first-order valence-electron chi connectivity index (χ1n) is 11.5. The molecule has 0 atom stereocenters. The van der Waals surface area contributed by atoms with Crippen LogP contribution in [-0.2, 0) is 16.0 Å². The fourth-order valence-electron chi connectivity index (χ4n) is 3.66. The average molecular weight is 439 g/mol. The third-order valence-electron chi connectivity index (χ3n) is 5.62. The Morgan fingerprint density at radius 3 is 2.06 bits per heavy atom. The molecule has 0 aliphatic heterocycles. The Bertz CT molecular complexity index is 869. The van der Waals surface area contributed by atoms with Gasteiger partial charge in [0.15, 0.2) is 0 Å². The Morgan fingerprint density at radius 2 is 1.44 bits per heavy atom. The van der Waals surface area contributed by atoms with E-state index < -0.39 is 11.9 Å². The molecule has 0 aliphatic rings. The van der Waals surface area contributed by atoms with Crippen molar-refractivity contribution in [3.8, 4) is 11.5 Å². The summed E-state index contributed by atoms with van der Waals surface area (Å²) in [6.07, 6.45) is 6.44. The van der Waals surface area contributed by atoms with Gasteiger partial charge in [-0.15, -0.1) is 0 Å². The SMILES string of the molecule is CCC(=O)C(CCCCCCc1ccc(C(=O)Oc2cccc(OC)c2)cc1)C(=O)CC. The first kappa shape index (κ1) is 25.3. The predicted molar refractivity (Wildman–Crippen MR) is 125 cm³/mol. The summed E-state index contributed by atoms with van der Waals surface area (Å²) < 4.78 is 10.6. The standard InChI is InChI=1S/C27H34O5/c1-4-25(28)24(26(29)5-2)14-9-7-6-8-11-20-15-17-21(18-16-20)27(30)32-23-13-10-12-22(19-23)31-3/h10,12-13,15-19,24H,4-9,11,14H2,1-3H3. The summed E-state index contributed by atoms with van der Waals surface area (Å²) >= 11 is 0. The summed E-state index contributed by atoms with van der Waals surface area (Å²) in [5, 5.41) is 0. The Morgan fingerprint density at radius 1 is 0.812 bits per heavy atom. The molecule has 2 aromatic rings. The highest BCUT2D eigenvalue weighted by Gasteiger charge is 2.22. The Labute approximate surface area is 191 Å². The monoisotopic (exact) mass is 438 g/mol. The molecule has 2 rings (SSSR count). The minimum Gasteiger partial charge on any atom is -0.497 e. The van der Waals surface area contributed by atoms with Crippen molar-refractivity contribution in [2.24, 2.45) is 5.92 Å². The van der Waals surface area contributed by atoms with Crippen LogP contribution < -0.4 is 9.47 Å². The number of esters is 1. The van der Waals surface area contributed by atoms with Crippen molar-refractivity contribution in [3.63, 3.8) is 0 Å². The molecule has 2 aromatic carbocycles. The Kier molecular flexibility index (Phi) is 10.6. The summed E-state index contributed by atoms with van der Waals surface area (Å²) in [4.78, 5) is 36.3. The molecule has 0 saturated carbocycles. The maximum atomic E-state index is 12.3. The summed E-state index contributed by atoms with van der Waals surface area (Å²) in [5.41, 5.74) is 1.67. The zero-order valence-electron chi connectivity index (χ0n) is 19.4. The van der Waals surface area contributed by atoms with Crippen LogP contribution in [0, 0.1) is 5.92 Å². The smallest absolute Gasteiger partial charge is 0.343 e. The lowest BCUT2D eigenvalue weighted by atomic mass is 9.90. The summed E-state index contributed by atoms with van der Waals surface area (Å²) in [5.74, 6) is 0.414. The molecule has 0 N–H and O–H groups in total. The summed E-state index contributed by atoms with van der Waals surface area (Å²) in [6.45, 7) is 3.64. The average Bonchev–Trinajstić information content (AvgIpc) is 2.83. The van der Waals surface area contributed by atoms with Gasteiger partial charge in [-0.3, -0.25) is 9.59 Å². The number of Topliss-reactive ketones (excluding diaryl/α,β-unsaturated/α-hetero) is 2. The lowest BCUT2D eigenvalue weighted by molar-refractivity contribution is -0.132. The second-order valence-electron chi connectivity index (χ2n) is 7.91. The molecule has 0 bridgehead atoms. The number of ether oxygens (including phenoxy) is 2. The van der Waals surface area contributed by atoms with E-state index >= 15 is 0 Å². The van der Waals surface area contributed by atoms with Gasteiger partial charge in [-0.25, -0.2) is 4.79 Å². The number of rotatable bonds is 14. The van der Waals surface area contributed by atoms with Crippen LogP contribution >= 0.6 is 0 Å². The molecule has 32 heavy (non-hydrogen) atoms. The molecule has 0 fully saturated rings. The van der Waals surface area contributed by atoms with Crippen molar-refractivity contribution in [2.75, 3.05) is 7.11 Å². The van der Waals surface area contributed by atoms with E-state index in [0.717, 1.165) is 32.1 Å². The fraction of sp³-hybridized carbons (Fsp3) is 0.444. The zero-order chi connectivity index (χ0) is 23.3. The van der Waals surface area contributed by atoms with E-state index in [2.05, 4.69) is 0 Å². The molecule has 0 unspecified atom stereocenters. The van der Waals surface area contributed by atoms with Crippen molar-refractivity contribution < 1.29 is 23.9 Å². The van der Waals surface area contributed by atoms with Crippen molar-refractivity contribution in [3.05, 3.63) is 59.7 Å². The van der Waals surface area contributed by atoms with Crippen molar-refractivity contribution in [1.82, 2.24) is 0 Å². The summed E-state index contributed by atoms with van der Waals surface area (Å²) in [6, 6.07) is 14.4. The van der Waals surface area contributed by atoms with Gasteiger partial charge < -0.3 is 9.47 Å². The lowest BCUT2D eigenvalue weighted by Gasteiger charge is -2.12. The number of carbonyl (C=O) groups is 3. The maximum absolute atomic E-state index is 12.3. The first-order chi connectivity index (χ1) is 15.5. The number of carbonyl (C=O) groups excluding carboxylic acids is 3. The Balaban J connectivity index is 1.73. The molecular weight excluding hydrogens is 404 g/mol. The zero-order valence-corrected chi connectivity index (χ0v) is 19.4. The largest absolute Gasteiger partial charge is 0.497 e. The molecule has 0 spiro atoms. The number of hydrogen-bond acceptors (Lipinski definition) is 5. The summed E-state index contributed by atoms with van der Waals surface area (Å²) in [7, 11) is 1.57. The van der Waals surface area contributed by atoms with Gasteiger partial charge in [0.05, 0.1) is 18.6 Å². The third-order valence-corrected chi connectivity index (χ3v) is 5.62. The predicted octanol–water partition coefficient (Wildman–Crippen LogP) is 5.98. The second-order valence-corrected chi connectivity index (χ2v) is 7.91. The normalized spacial score (nSPS) is 10.8. The van der Waals surface area contributed by atoms with E-state index in [9.17, 15) is 14.4 Å². The van der Waals surface area contributed by atoms with E-state index in [-0.39, 0.29) is 11.6 Å². The third kappa shape index (κ3) is 7.95. The van der Waals surface area contributed by atoms with Gasteiger partial charge in [-0.05, 0) is 49.1 Å². The van der Waals surface area contributed by atoms with E-state index in [1.807, 2.05) is 26.0 Å². The molecule has 0 heterocycles. The Hall–Kier alpha value is -2.95. The van der Waals surface area contributed by atoms with Crippen LogP contribution in [-0.4, -0.2) is 24.6 Å². The number of methoxy groups -OCH3 is 1. The van der Waals surface area contributed by atoms with Crippen LogP contribution in [0.25, 0.3) is 0 Å². The number of benzene rings is 2. The minimum absolute atomic E-state index is 0.0712. The molecular formula is C27H34O5. The highest BCUT2D eigenvalue weighted by molar-refractivity contribution is 6.02. The van der Waals surface area contributed by atoms with Crippen LogP contribution in [0.3, 0.4) is 0 Å². The van der Waals surface area contributed by atoms with E-state index in [1.165, 1.54) is 5.56 Å². The van der Waals surface area contributed by atoms with Gasteiger partial charge in [-0.2, -0.15) is 0 Å². The number of ketones is 2. The molecule has 0 radical (unpaired) electrons. The van der Waals surface area contributed by atoms with Crippen molar-refractivity contribution in [2.45, 2.75) is 65.2 Å². The number of hydrogen-bond donors (Lipinski definition) is 0. The van der Waals surface area contributed by atoms with Gasteiger partial charge in [-0.1, -0.05) is 51.3 Å². The number of aryl methyl sites for hydroxylation is 1. The van der Waals surface area contributed by atoms with Gasteiger partial charge >= 0.3 is 5.97 Å².